The second kappa shape index (κ2) is 6.41. The number of fused-ring (bicyclic) bond motifs is 1. The van der Waals surface area contributed by atoms with Crippen LogP contribution in [0.5, 0.6) is 0 Å². The Morgan fingerprint density at radius 3 is 2.80 bits per heavy atom. The lowest BCUT2D eigenvalue weighted by molar-refractivity contribution is -0.137. The number of likely N-dealkylation sites (tertiary alicyclic amines) is 1. The van der Waals surface area contributed by atoms with Crippen LogP contribution in [-0.2, 0) is 9.59 Å². The van der Waals surface area contributed by atoms with E-state index in [4.69, 9.17) is 0 Å². The molecule has 1 saturated heterocycles. The van der Waals surface area contributed by atoms with E-state index in [0.29, 0.717) is 12.5 Å². The fourth-order valence-electron chi connectivity index (χ4n) is 3.36. The topological polar surface area (TPSA) is 62.3 Å². The van der Waals surface area contributed by atoms with Crippen LogP contribution in [0.3, 0.4) is 0 Å². The van der Waals surface area contributed by atoms with Gasteiger partial charge < -0.3 is 10.2 Å². The minimum atomic E-state index is -0.323. The first-order valence-corrected chi connectivity index (χ1v) is 9.86. The van der Waals surface area contributed by atoms with Gasteiger partial charge >= 0.3 is 0 Å². The Labute approximate surface area is 151 Å². The number of thiazole rings is 1. The van der Waals surface area contributed by atoms with Crippen molar-refractivity contribution >= 4 is 39.1 Å². The van der Waals surface area contributed by atoms with E-state index in [1.807, 2.05) is 18.2 Å². The van der Waals surface area contributed by atoms with Gasteiger partial charge in [0.15, 0.2) is 0 Å². The van der Waals surface area contributed by atoms with Gasteiger partial charge in [0.25, 0.3) is 0 Å². The number of nitrogens with one attached hydrogen (secondary N) is 1. The van der Waals surface area contributed by atoms with Gasteiger partial charge in [-0.05, 0) is 43.9 Å². The summed E-state index contributed by atoms with van der Waals surface area (Å²) in [6.45, 7) is 4.97. The predicted molar refractivity (Wildman–Crippen MR) is 99.8 cm³/mol. The molecule has 0 bridgehead atoms. The molecule has 0 radical (unpaired) electrons. The molecular formula is C19H23N3O2S. The van der Waals surface area contributed by atoms with Crippen molar-refractivity contribution in [2.24, 2.45) is 5.92 Å². The molecule has 0 spiro atoms. The summed E-state index contributed by atoms with van der Waals surface area (Å²) in [6.07, 6.45) is 3.61. The highest BCUT2D eigenvalue weighted by atomic mass is 32.1. The molecule has 1 aromatic carbocycles. The average Bonchev–Trinajstić information content (AvgIpc) is 3.16. The summed E-state index contributed by atoms with van der Waals surface area (Å²) < 4.78 is 1.08. The minimum absolute atomic E-state index is 0.0700. The van der Waals surface area contributed by atoms with Gasteiger partial charge in [0.2, 0.25) is 11.8 Å². The lowest BCUT2D eigenvalue weighted by Crippen LogP contribution is -2.43. The Balaban J connectivity index is 1.49. The number of carbonyl (C=O) groups is 2. The van der Waals surface area contributed by atoms with Crippen molar-refractivity contribution in [1.82, 2.24) is 9.88 Å². The fourth-order valence-corrected chi connectivity index (χ4v) is 4.37. The van der Waals surface area contributed by atoms with Crippen LogP contribution in [0.2, 0.25) is 0 Å². The van der Waals surface area contributed by atoms with E-state index in [1.165, 1.54) is 0 Å². The van der Waals surface area contributed by atoms with Crippen LogP contribution < -0.4 is 5.32 Å². The van der Waals surface area contributed by atoms with Gasteiger partial charge in [-0.1, -0.05) is 13.8 Å². The quantitative estimate of drug-likeness (QED) is 0.906. The third-order valence-corrected chi connectivity index (χ3v) is 6.25. The summed E-state index contributed by atoms with van der Waals surface area (Å²) in [4.78, 5) is 31.5. The number of benzene rings is 1. The Morgan fingerprint density at radius 1 is 1.28 bits per heavy atom. The lowest BCUT2D eigenvalue weighted by Gasteiger charge is -2.24. The molecule has 1 aliphatic heterocycles. The van der Waals surface area contributed by atoms with Crippen LogP contribution in [0.4, 0.5) is 5.69 Å². The van der Waals surface area contributed by atoms with Gasteiger partial charge in [-0.3, -0.25) is 9.59 Å². The fraction of sp³-hybridized carbons (Fsp3) is 0.526. The maximum Gasteiger partial charge on any atom is 0.247 e. The molecule has 132 valence electrons. The number of carbonyl (C=O) groups excluding carboxylic acids is 2. The lowest BCUT2D eigenvalue weighted by atomic mass is 10.2. The van der Waals surface area contributed by atoms with Crippen molar-refractivity contribution < 1.29 is 9.59 Å². The van der Waals surface area contributed by atoms with Crippen LogP contribution in [0, 0.1) is 5.92 Å². The molecule has 1 saturated carbocycles. The van der Waals surface area contributed by atoms with Crippen LogP contribution in [0.25, 0.3) is 10.2 Å². The first kappa shape index (κ1) is 16.5. The predicted octanol–water partition coefficient (Wildman–Crippen LogP) is 3.76. The number of rotatable bonds is 4. The Kier molecular flexibility index (Phi) is 4.23. The average molecular weight is 357 g/mol. The smallest absolute Gasteiger partial charge is 0.247 e. The summed E-state index contributed by atoms with van der Waals surface area (Å²) in [6, 6.07) is 5.51. The summed E-state index contributed by atoms with van der Waals surface area (Å²) in [5.74, 6) is 0.656. The zero-order valence-electron chi connectivity index (χ0n) is 14.6. The Bertz CT molecular complexity index is 825. The first-order valence-electron chi connectivity index (χ1n) is 9.05. The number of nitrogens with zero attached hydrogens (tertiary/aromatic N) is 2. The van der Waals surface area contributed by atoms with Crippen LogP contribution in [0.1, 0.15) is 50.5 Å². The third kappa shape index (κ3) is 3.27. The van der Waals surface area contributed by atoms with E-state index in [9.17, 15) is 9.59 Å². The van der Waals surface area contributed by atoms with E-state index in [0.717, 1.165) is 46.6 Å². The molecule has 2 aromatic rings. The largest absolute Gasteiger partial charge is 0.330 e. The SMILES string of the molecule is CC(C)c1nc2ccc(NC(=O)C3CCCN3C(=O)C3CC3)cc2s1. The van der Waals surface area contributed by atoms with Crippen molar-refractivity contribution in [2.45, 2.75) is 51.5 Å². The molecule has 2 heterocycles. The summed E-state index contributed by atoms with van der Waals surface area (Å²) in [5, 5.41) is 4.11. The van der Waals surface area contributed by atoms with E-state index in [2.05, 4.69) is 24.1 Å². The number of amides is 2. The molecule has 25 heavy (non-hydrogen) atoms. The van der Waals surface area contributed by atoms with Crippen molar-refractivity contribution in [3.8, 4) is 0 Å². The Hall–Kier alpha value is -1.95. The summed E-state index contributed by atoms with van der Waals surface area (Å²) in [7, 11) is 0. The number of hydrogen-bond acceptors (Lipinski definition) is 4. The molecule has 5 nitrogen and oxygen atoms in total. The van der Waals surface area contributed by atoms with Gasteiger partial charge in [0, 0.05) is 24.1 Å². The summed E-state index contributed by atoms with van der Waals surface area (Å²) >= 11 is 1.67. The molecule has 2 fully saturated rings. The molecule has 1 N–H and O–H groups in total. The molecule has 4 rings (SSSR count). The van der Waals surface area contributed by atoms with Crippen molar-refractivity contribution in [2.75, 3.05) is 11.9 Å². The van der Waals surface area contributed by atoms with Crippen molar-refractivity contribution in [3.63, 3.8) is 0 Å². The highest BCUT2D eigenvalue weighted by Crippen LogP contribution is 2.34. The van der Waals surface area contributed by atoms with E-state index < -0.39 is 0 Å². The zero-order chi connectivity index (χ0) is 17.6. The monoisotopic (exact) mass is 357 g/mol. The molecule has 1 aliphatic carbocycles. The normalized spacial score (nSPS) is 20.4. The van der Waals surface area contributed by atoms with Crippen molar-refractivity contribution in [1.29, 1.82) is 0 Å². The maximum absolute atomic E-state index is 12.7. The molecule has 1 unspecified atom stereocenters. The molecule has 2 aliphatic rings. The zero-order valence-corrected chi connectivity index (χ0v) is 15.4. The summed E-state index contributed by atoms with van der Waals surface area (Å²) in [5.41, 5.74) is 1.75. The number of hydrogen-bond donors (Lipinski definition) is 1. The molecule has 1 atom stereocenters. The van der Waals surface area contributed by atoms with Gasteiger partial charge in [0.05, 0.1) is 15.2 Å². The molecule has 1 aromatic heterocycles. The number of anilines is 1. The molecule has 6 heteroatoms. The van der Waals surface area contributed by atoms with Crippen LogP contribution in [-0.4, -0.2) is 34.3 Å². The van der Waals surface area contributed by atoms with Gasteiger partial charge in [0.1, 0.15) is 6.04 Å². The van der Waals surface area contributed by atoms with Gasteiger partial charge in [-0.2, -0.15) is 0 Å². The van der Waals surface area contributed by atoms with Gasteiger partial charge in [-0.25, -0.2) is 4.98 Å². The van der Waals surface area contributed by atoms with E-state index in [1.54, 1.807) is 16.2 Å². The van der Waals surface area contributed by atoms with E-state index in [-0.39, 0.29) is 23.8 Å². The van der Waals surface area contributed by atoms with Crippen molar-refractivity contribution in [3.05, 3.63) is 23.2 Å². The van der Waals surface area contributed by atoms with Crippen LogP contribution >= 0.6 is 11.3 Å². The maximum atomic E-state index is 12.7. The molecular weight excluding hydrogens is 334 g/mol. The highest BCUT2D eigenvalue weighted by molar-refractivity contribution is 7.18. The molecule has 2 amide bonds. The second-order valence-electron chi connectivity index (χ2n) is 7.34. The second-order valence-corrected chi connectivity index (χ2v) is 8.40. The highest BCUT2D eigenvalue weighted by Gasteiger charge is 2.40. The van der Waals surface area contributed by atoms with E-state index >= 15 is 0 Å². The number of aromatic nitrogens is 1. The third-order valence-electron chi connectivity index (χ3n) is 4.93. The Morgan fingerprint density at radius 2 is 2.08 bits per heavy atom. The van der Waals surface area contributed by atoms with Gasteiger partial charge in [-0.15, -0.1) is 11.3 Å². The van der Waals surface area contributed by atoms with Crippen LogP contribution in [0.15, 0.2) is 18.2 Å². The first-order chi connectivity index (χ1) is 12.0. The minimum Gasteiger partial charge on any atom is -0.330 e. The standard InChI is InChI=1S/C19H23N3O2S/c1-11(2)18-21-14-8-7-13(10-16(14)25-18)20-17(23)15-4-3-9-22(15)19(24)12-5-6-12/h7-8,10-12,15H,3-6,9H2,1-2H3,(H,20,23).